The summed E-state index contributed by atoms with van der Waals surface area (Å²) in [4.78, 5) is 15.3. The number of carbonyl (C=O) groups is 1. The van der Waals surface area contributed by atoms with E-state index < -0.39 is 6.10 Å². The molecule has 0 spiro atoms. The van der Waals surface area contributed by atoms with E-state index in [0.717, 1.165) is 30.9 Å². The third-order valence-electron chi connectivity index (χ3n) is 7.77. The van der Waals surface area contributed by atoms with Gasteiger partial charge in [-0.05, 0) is 62.0 Å². The van der Waals surface area contributed by atoms with Crippen LogP contribution in [0.4, 0.5) is 5.69 Å². The maximum Gasteiger partial charge on any atom is 0.254 e. The van der Waals surface area contributed by atoms with Gasteiger partial charge in [-0.1, -0.05) is 26.7 Å². The van der Waals surface area contributed by atoms with E-state index in [0.29, 0.717) is 25.1 Å². The monoisotopic (exact) mass is 415 g/mol. The fourth-order valence-electron chi connectivity index (χ4n) is 5.91. The number of fused-ring (bicyclic) bond motifs is 4. The van der Waals surface area contributed by atoms with Crippen molar-refractivity contribution in [3.05, 3.63) is 23.3 Å². The molecule has 2 saturated heterocycles. The quantitative estimate of drug-likeness (QED) is 0.748. The first-order valence-electron chi connectivity index (χ1n) is 11.5. The highest BCUT2D eigenvalue weighted by molar-refractivity contribution is 5.96. The van der Waals surface area contributed by atoms with Crippen molar-refractivity contribution < 1.29 is 14.3 Å². The number of morpholine rings is 1. The average Bonchev–Trinajstić information content (AvgIpc) is 2.76. The van der Waals surface area contributed by atoms with Gasteiger partial charge in [0.05, 0.1) is 19.4 Å². The SMILES string of the molecule is CCCCC12CCN(C)C(Cc3cc(NC(=O)C4CNCCO4)c(OC)cc31)C2C. The Bertz CT molecular complexity index is 773. The number of rotatable bonds is 6. The number of nitrogens with zero attached hydrogens (tertiary/aromatic N) is 1. The number of ether oxygens (including phenoxy) is 2. The number of nitrogens with one attached hydrogen (secondary N) is 2. The molecule has 1 aromatic carbocycles. The highest BCUT2D eigenvalue weighted by atomic mass is 16.5. The molecule has 4 unspecified atom stereocenters. The molecule has 0 radical (unpaired) electrons. The first-order chi connectivity index (χ1) is 14.5. The summed E-state index contributed by atoms with van der Waals surface area (Å²) in [6.45, 7) is 7.76. The van der Waals surface area contributed by atoms with Gasteiger partial charge in [-0.2, -0.15) is 0 Å². The van der Waals surface area contributed by atoms with Gasteiger partial charge in [0.25, 0.3) is 5.91 Å². The summed E-state index contributed by atoms with van der Waals surface area (Å²) in [5, 5.41) is 6.30. The summed E-state index contributed by atoms with van der Waals surface area (Å²) in [5.41, 5.74) is 3.77. The highest BCUT2D eigenvalue weighted by Crippen LogP contribution is 2.53. The number of methoxy groups -OCH3 is 1. The topological polar surface area (TPSA) is 62.8 Å². The molecule has 166 valence electrons. The Kier molecular flexibility index (Phi) is 6.37. The van der Waals surface area contributed by atoms with Crippen molar-refractivity contribution >= 4 is 11.6 Å². The van der Waals surface area contributed by atoms with Crippen molar-refractivity contribution in [2.24, 2.45) is 5.92 Å². The van der Waals surface area contributed by atoms with Crippen LogP contribution in [0.15, 0.2) is 12.1 Å². The minimum absolute atomic E-state index is 0.109. The van der Waals surface area contributed by atoms with Crippen molar-refractivity contribution in [3.8, 4) is 5.75 Å². The first kappa shape index (κ1) is 21.6. The fourth-order valence-corrected chi connectivity index (χ4v) is 5.91. The summed E-state index contributed by atoms with van der Waals surface area (Å²) in [6, 6.07) is 4.94. The molecule has 0 aromatic heterocycles. The lowest BCUT2D eigenvalue weighted by atomic mass is 9.56. The maximum atomic E-state index is 12.8. The average molecular weight is 416 g/mol. The van der Waals surface area contributed by atoms with Crippen molar-refractivity contribution in [1.82, 2.24) is 10.2 Å². The van der Waals surface area contributed by atoms with Crippen LogP contribution >= 0.6 is 0 Å². The third-order valence-corrected chi connectivity index (χ3v) is 7.77. The van der Waals surface area contributed by atoms with Gasteiger partial charge in [0.15, 0.2) is 0 Å². The number of piperidine rings is 1. The summed E-state index contributed by atoms with van der Waals surface area (Å²) in [6.07, 6.45) is 5.43. The molecule has 1 amide bonds. The summed E-state index contributed by atoms with van der Waals surface area (Å²) in [7, 11) is 3.95. The molecule has 2 bridgehead atoms. The molecule has 6 nitrogen and oxygen atoms in total. The highest BCUT2D eigenvalue weighted by Gasteiger charge is 2.50. The van der Waals surface area contributed by atoms with Crippen LogP contribution in [0.25, 0.3) is 0 Å². The Morgan fingerprint density at radius 2 is 2.27 bits per heavy atom. The molecule has 2 aliphatic heterocycles. The van der Waals surface area contributed by atoms with Crippen LogP contribution in [0, 0.1) is 5.92 Å². The molecule has 4 atom stereocenters. The first-order valence-corrected chi connectivity index (χ1v) is 11.5. The van der Waals surface area contributed by atoms with Crippen LogP contribution in [0.1, 0.15) is 50.7 Å². The van der Waals surface area contributed by atoms with Gasteiger partial charge in [-0.3, -0.25) is 4.79 Å². The number of benzene rings is 1. The standard InChI is InChI=1S/C24H37N3O3/c1-5-6-7-24-8-10-27(3)20(16(24)2)13-17-12-19(21(29-4)14-18(17)24)26-23(28)22-15-25-9-11-30-22/h12,14,16,20,22,25H,5-11,13,15H2,1-4H3,(H,26,28). The summed E-state index contributed by atoms with van der Waals surface area (Å²) in [5.74, 6) is 1.26. The molecule has 2 fully saturated rings. The van der Waals surface area contributed by atoms with Gasteiger partial charge in [0.2, 0.25) is 0 Å². The normalized spacial score (nSPS) is 31.1. The van der Waals surface area contributed by atoms with E-state index in [2.05, 4.69) is 48.6 Å². The van der Waals surface area contributed by atoms with Crippen LogP contribution in [-0.4, -0.2) is 63.4 Å². The molecule has 1 aliphatic carbocycles. The predicted octanol–water partition coefficient (Wildman–Crippen LogP) is 2.95. The van der Waals surface area contributed by atoms with Crippen LogP contribution in [0.2, 0.25) is 0 Å². The number of hydrogen-bond acceptors (Lipinski definition) is 5. The van der Waals surface area contributed by atoms with Crippen molar-refractivity contribution in [3.63, 3.8) is 0 Å². The van der Waals surface area contributed by atoms with Gasteiger partial charge >= 0.3 is 0 Å². The van der Waals surface area contributed by atoms with E-state index in [-0.39, 0.29) is 11.3 Å². The number of hydrogen-bond donors (Lipinski definition) is 2. The molecular formula is C24H37N3O3. The molecule has 30 heavy (non-hydrogen) atoms. The van der Waals surface area contributed by atoms with E-state index in [4.69, 9.17) is 9.47 Å². The Labute approximate surface area is 180 Å². The Balaban J connectivity index is 1.69. The van der Waals surface area contributed by atoms with Gasteiger partial charge in [0.1, 0.15) is 11.9 Å². The second-order valence-corrected chi connectivity index (χ2v) is 9.31. The van der Waals surface area contributed by atoms with Gasteiger partial charge in [-0.15, -0.1) is 0 Å². The lowest BCUT2D eigenvalue weighted by Crippen LogP contribution is -2.57. The van der Waals surface area contributed by atoms with Crippen molar-refractivity contribution in [2.45, 2.75) is 63.5 Å². The number of carbonyl (C=O) groups excluding carboxylic acids is 1. The van der Waals surface area contributed by atoms with Crippen molar-refractivity contribution in [1.29, 1.82) is 0 Å². The minimum atomic E-state index is -0.457. The number of likely N-dealkylation sites (tertiary alicyclic amines) is 1. The zero-order valence-electron chi connectivity index (χ0n) is 18.9. The summed E-state index contributed by atoms with van der Waals surface area (Å²) >= 11 is 0. The van der Waals surface area contributed by atoms with E-state index >= 15 is 0 Å². The summed E-state index contributed by atoms with van der Waals surface area (Å²) < 4.78 is 11.4. The molecular weight excluding hydrogens is 378 g/mol. The molecule has 4 rings (SSSR count). The molecule has 1 aromatic rings. The second kappa shape index (κ2) is 8.85. The minimum Gasteiger partial charge on any atom is -0.495 e. The number of likely N-dealkylation sites (N-methyl/N-ethyl adjacent to an activating group) is 1. The second-order valence-electron chi connectivity index (χ2n) is 9.31. The number of amides is 1. The maximum absolute atomic E-state index is 12.8. The fraction of sp³-hybridized carbons (Fsp3) is 0.708. The molecule has 6 heteroatoms. The van der Waals surface area contributed by atoms with Crippen molar-refractivity contribution in [2.75, 3.05) is 45.7 Å². The van der Waals surface area contributed by atoms with Crippen LogP contribution < -0.4 is 15.4 Å². The van der Waals surface area contributed by atoms with E-state index in [1.165, 1.54) is 36.8 Å². The molecule has 0 saturated carbocycles. The van der Waals surface area contributed by atoms with Crippen LogP contribution in [0.3, 0.4) is 0 Å². The largest absolute Gasteiger partial charge is 0.495 e. The van der Waals surface area contributed by atoms with E-state index in [1.54, 1.807) is 7.11 Å². The van der Waals surface area contributed by atoms with Gasteiger partial charge in [-0.25, -0.2) is 0 Å². The van der Waals surface area contributed by atoms with Gasteiger partial charge in [0, 0.05) is 24.5 Å². The Hall–Kier alpha value is -1.63. The molecule has 2 N–H and O–H groups in total. The smallest absolute Gasteiger partial charge is 0.254 e. The molecule has 2 heterocycles. The van der Waals surface area contributed by atoms with E-state index in [9.17, 15) is 4.79 Å². The molecule has 3 aliphatic rings. The van der Waals surface area contributed by atoms with E-state index in [1.807, 2.05) is 0 Å². The van der Waals surface area contributed by atoms with Gasteiger partial charge < -0.3 is 25.0 Å². The van der Waals surface area contributed by atoms with Crippen LogP contribution in [0.5, 0.6) is 5.75 Å². The third kappa shape index (κ3) is 3.74. The zero-order chi connectivity index (χ0) is 21.3. The predicted molar refractivity (Wildman–Crippen MR) is 119 cm³/mol. The zero-order valence-corrected chi connectivity index (χ0v) is 18.9. The Morgan fingerprint density at radius 3 is 2.97 bits per heavy atom. The van der Waals surface area contributed by atoms with Crippen LogP contribution in [-0.2, 0) is 21.4 Å². The lowest BCUT2D eigenvalue weighted by Gasteiger charge is -2.55. The number of anilines is 1. The lowest BCUT2D eigenvalue weighted by molar-refractivity contribution is -0.128. The number of unbranched alkanes of at least 4 members (excludes halogenated alkanes) is 1. The Morgan fingerprint density at radius 1 is 1.43 bits per heavy atom.